The van der Waals surface area contributed by atoms with Crippen LogP contribution in [0.25, 0.3) is 0 Å². The molecule has 0 aromatic heterocycles. The zero-order chi connectivity index (χ0) is 23.4. The number of halogens is 2. The number of aliphatic hydroxyl groups excluding tert-OH is 1. The van der Waals surface area contributed by atoms with E-state index in [1.807, 2.05) is 0 Å². The molecule has 2 atom stereocenters. The van der Waals surface area contributed by atoms with E-state index in [-0.39, 0.29) is 17.7 Å². The molecule has 0 saturated carbocycles. The molecule has 0 radical (unpaired) electrons. The Labute approximate surface area is 190 Å². The van der Waals surface area contributed by atoms with Gasteiger partial charge >= 0.3 is 0 Å². The van der Waals surface area contributed by atoms with Crippen LogP contribution in [0.1, 0.15) is 56.7 Å². The number of aliphatic hydroxyl groups is 1. The lowest BCUT2D eigenvalue weighted by atomic mass is 9.38. The van der Waals surface area contributed by atoms with Gasteiger partial charge in [0.15, 0.2) is 0 Å². The van der Waals surface area contributed by atoms with E-state index in [1.54, 1.807) is 0 Å². The van der Waals surface area contributed by atoms with Gasteiger partial charge in [-0.15, -0.1) is 0 Å². The normalized spacial score (nSPS) is 20.1. The molecule has 1 heterocycles. The second-order valence-electron chi connectivity index (χ2n) is 10.2. The number of nitrogens with zero attached hydrogens (tertiary/aromatic N) is 1. The van der Waals surface area contributed by atoms with E-state index in [4.69, 9.17) is 0 Å². The molecule has 2 aromatic rings. The molecule has 3 nitrogen and oxygen atoms in total. The summed E-state index contributed by atoms with van der Waals surface area (Å²) in [6.07, 6.45) is 3.59. The highest BCUT2D eigenvalue weighted by Gasteiger charge is 2.40. The van der Waals surface area contributed by atoms with Gasteiger partial charge in [-0.05, 0) is 59.8 Å². The molecule has 6 heteroatoms. The Morgan fingerprint density at radius 3 is 2.56 bits per heavy atom. The average Bonchev–Trinajstić information content (AvgIpc) is 2.75. The highest BCUT2D eigenvalue weighted by Crippen LogP contribution is 2.39. The van der Waals surface area contributed by atoms with Crippen molar-refractivity contribution in [3.05, 3.63) is 70.8 Å². The van der Waals surface area contributed by atoms with Crippen molar-refractivity contribution < 1.29 is 13.9 Å². The van der Waals surface area contributed by atoms with Crippen LogP contribution in [-0.4, -0.2) is 24.5 Å². The maximum Gasteiger partial charge on any atom is 0.270 e. The first-order valence-electron chi connectivity index (χ1n) is 11.5. The third-order valence-electron chi connectivity index (χ3n) is 6.58. The summed E-state index contributed by atoms with van der Waals surface area (Å²) >= 11 is 0. The summed E-state index contributed by atoms with van der Waals surface area (Å²) in [6.45, 7) is 6.88. The van der Waals surface area contributed by atoms with Crippen molar-refractivity contribution in [2.24, 2.45) is 0 Å². The second kappa shape index (κ2) is 10.1. The number of hydrogen-bond donors (Lipinski definition) is 2. The van der Waals surface area contributed by atoms with Crippen molar-refractivity contribution >= 4 is 6.71 Å². The Morgan fingerprint density at radius 2 is 1.91 bits per heavy atom. The largest absolute Gasteiger partial charge is 0.392 e. The Hall–Kier alpha value is -2.23. The van der Waals surface area contributed by atoms with E-state index in [2.05, 4.69) is 56.3 Å². The van der Waals surface area contributed by atoms with Gasteiger partial charge in [0.1, 0.15) is 11.6 Å². The van der Waals surface area contributed by atoms with Gasteiger partial charge in [0.05, 0.1) is 6.10 Å². The predicted octanol–water partition coefficient (Wildman–Crippen LogP) is 5.39. The first kappa shape index (κ1) is 24.4. The van der Waals surface area contributed by atoms with Gasteiger partial charge < -0.3 is 10.4 Å². The molecule has 1 aliphatic rings. The fourth-order valence-corrected chi connectivity index (χ4v) is 4.70. The molecule has 0 spiro atoms. The van der Waals surface area contributed by atoms with E-state index in [0.717, 1.165) is 30.8 Å². The lowest BCUT2D eigenvalue weighted by Crippen LogP contribution is -2.50. The summed E-state index contributed by atoms with van der Waals surface area (Å²) in [5.74, 6) is 1.24. The molecule has 32 heavy (non-hydrogen) atoms. The Morgan fingerprint density at radius 1 is 1.19 bits per heavy atom. The molecule has 1 saturated heterocycles. The van der Waals surface area contributed by atoms with Gasteiger partial charge in [-0.3, -0.25) is 0 Å². The Bertz CT molecular complexity index is 949. The number of hydrogen-bond acceptors (Lipinski definition) is 3. The highest BCUT2D eigenvalue weighted by atomic mass is 19.1. The maximum atomic E-state index is 13.4. The second-order valence-corrected chi connectivity index (χ2v) is 10.2. The Balaban J connectivity index is 1.74. The molecule has 3 rings (SSSR count). The fraction of sp³-hybridized carbons (Fsp3) is 0.500. The fourth-order valence-electron chi connectivity index (χ4n) is 4.70. The standard InChI is InChI=1S/C26H33BF2N2O/c1-25(2,3)20-6-4-7-21(14-20)26(10-5-11-27(17-26)18-30)31-16-24(32)9-8-19-12-22(28)15-23(29)13-19/h4,6-7,12-15,24,31-32H,5,8-11,16-17H2,1-3H3. The van der Waals surface area contributed by atoms with Crippen LogP contribution in [0.2, 0.25) is 12.6 Å². The first-order chi connectivity index (χ1) is 15.1. The molecule has 2 N–H and O–H groups in total. The minimum atomic E-state index is -0.661. The molecular formula is C26H33BF2N2O. The van der Waals surface area contributed by atoms with E-state index in [0.29, 0.717) is 31.3 Å². The van der Waals surface area contributed by atoms with Gasteiger partial charge in [0.2, 0.25) is 0 Å². The van der Waals surface area contributed by atoms with Crippen molar-refractivity contribution in [2.75, 3.05) is 6.54 Å². The summed E-state index contributed by atoms with van der Waals surface area (Å²) in [4.78, 5) is 0. The molecule has 0 amide bonds. The molecule has 170 valence electrons. The van der Waals surface area contributed by atoms with Crippen LogP contribution in [0.5, 0.6) is 0 Å². The van der Waals surface area contributed by atoms with Gasteiger partial charge in [-0.1, -0.05) is 57.8 Å². The van der Waals surface area contributed by atoms with E-state index < -0.39 is 17.7 Å². The number of rotatable bonds is 7. The molecule has 1 aliphatic heterocycles. The van der Waals surface area contributed by atoms with Crippen LogP contribution in [-0.2, 0) is 17.4 Å². The predicted molar refractivity (Wildman–Crippen MR) is 126 cm³/mol. The smallest absolute Gasteiger partial charge is 0.270 e. The Kier molecular flexibility index (Phi) is 7.74. The average molecular weight is 438 g/mol. The van der Waals surface area contributed by atoms with Crippen LogP contribution < -0.4 is 5.32 Å². The van der Waals surface area contributed by atoms with Crippen LogP contribution in [0.3, 0.4) is 0 Å². The summed E-state index contributed by atoms with van der Waals surface area (Å²) in [5, 5.41) is 23.8. The SMILES string of the molecule is CC(C)(C)c1cccc(C2(NCC(O)CCc3cc(F)cc(F)c3)CCCB(C#N)C2)c1. The highest BCUT2D eigenvalue weighted by molar-refractivity contribution is 6.67. The minimum absolute atomic E-state index is 0.0141. The summed E-state index contributed by atoms with van der Waals surface area (Å²) in [7, 11) is 0. The summed E-state index contributed by atoms with van der Waals surface area (Å²) < 4.78 is 26.9. The van der Waals surface area contributed by atoms with Gasteiger partial charge in [-0.25, -0.2) is 14.0 Å². The summed E-state index contributed by atoms with van der Waals surface area (Å²) in [6, 6.07) is 12.0. The zero-order valence-electron chi connectivity index (χ0n) is 19.3. The molecule has 2 unspecified atom stereocenters. The van der Waals surface area contributed by atoms with Gasteiger partial charge in [0.25, 0.3) is 6.71 Å². The topological polar surface area (TPSA) is 56.0 Å². The minimum Gasteiger partial charge on any atom is -0.392 e. The van der Waals surface area contributed by atoms with Crippen molar-refractivity contribution in [3.63, 3.8) is 0 Å². The lowest BCUT2D eigenvalue weighted by molar-refractivity contribution is 0.144. The monoisotopic (exact) mass is 438 g/mol. The number of aryl methyl sites for hydroxylation is 1. The maximum absolute atomic E-state index is 13.4. The number of benzene rings is 2. The van der Waals surface area contributed by atoms with Crippen LogP contribution in [0.15, 0.2) is 42.5 Å². The van der Waals surface area contributed by atoms with Gasteiger partial charge in [-0.2, -0.15) is 0 Å². The molecule has 0 aliphatic carbocycles. The third-order valence-corrected chi connectivity index (χ3v) is 6.58. The molecule has 2 aromatic carbocycles. The van der Waals surface area contributed by atoms with Crippen molar-refractivity contribution in [2.45, 2.75) is 76.2 Å². The molecule has 1 fully saturated rings. The quantitative estimate of drug-likeness (QED) is 0.570. The van der Waals surface area contributed by atoms with E-state index >= 15 is 0 Å². The lowest BCUT2D eigenvalue weighted by Gasteiger charge is -2.41. The van der Waals surface area contributed by atoms with Crippen LogP contribution in [0.4, 0.5) is 8.78 Å². The van der Waals surface area contributed by atoms with Crippen molar-refractivity contribution in [1.82, 2.24) is 5.32 Å². The van der Waals surface area contributed by atoms with Gasteiger partial charge in [0, 0.05) is 24.1 Å². The summed E-state index contributed by atoms with van der Waals surface area (Å²) in [5.41, 5.74) is 2.58. The zero-order valence-corrected chi connectivity index (χ0v) is 19.3. The van der Waals surface area contributed by atoms with Crippen LogP contribution >= 0.6 is 0 Å². The van der Waals surface area contributed by atoms with E-state index in [1.165, 1.54) is 17.7 Å². The molecule has 0 bridgehead atoms. The van der Waals surface area contributed by atoms with E-state index in [9.17, 15) is 19.1 Å². The van der Waals surface area contributed by atoms with Crippen molar-refractivity contribution in [1.29, 1.82) is 5.26 Å². The van der Waals surface area contributed by atoms with Crippen molar-refractivity contribution in [3.8, 4) is 5.97 Å². The number of nitrogens with one attached hydrogen (secondary N) is 1. The molecular weight excluding hydrogens is 405 g/mol. The number of nitriles is 1. The van der Waals surface area contributed by atoms with Crippen LogP contribution in [0, 0.1) is 22.9 Å². The third kappa shape index (κ3) is 6.18. The first-order valence-corrected chi connectivity index (χ1v) is 11.5.